The summed E-state index contributed by atoms with van der Waals surface area (Å²) in [6.45, 7) is 2.53. The molecule has 0 aliphatic rings. The van der Waals surface area contributed by atoms with Gasteiger partial charge >= 0.3 is 0 Å². The lowest BCUT2D eigenvalue weighted by atomic mass is 10.1. The summed E-state index contributed by atoms with van der Waals surface area (Å²) in [5.41, 5.74) is 2.00. The number of imidazole rings is 2. The van der Waals surface area contributed by atoms with Gasteiger partial charge in [0.25, 0.3) is 0 Å². The Morgan fingerprint density at radius 3 is 2.56 bits per heavy atom. The minimum Gasteiger partial charge on any atom is -0.355 e. The summed E-state index contributed by atoms with van der Waals surface area (Å²) in [6.07, 6.45) is 8.21. The molecule has 96 valence electrons. The molecule has 0 bridgehead atoms. The largest absolute Gasteiger partial charge is 0.355 e. The van der Waals surface area contributed by atoms with Gasteiger partial charge in [-0.25, -0.2) is 9.97 Å². The van der Waals surface area contributed by atoms with Crippen LogP contribution in [0.25, 0.3) is 0 Å². The van der Waals surface area contributed by atoms with Gasteiger partial charge in [-0.2, -0.15) is 0 Å². The summed E-state index contributed by atoms with van der Waals surface area (Å²) < 4.78 is 0. The summed E-state index contributed by atoms with van der Waals surface area (Å²) in [7, 11) is 0. The fourth-order valence-corrected chi connectivity index (χ4v) is 1.73. The zero-order valence-corrected chi connectivity index (χ0v) is 10.3. The van der Waals surface area contributed by atoms with Gasteiger partial charge < -0.3 is 15.3 Å². The van der Waals surface area contributed by atoms with Gasteiger partial charge in [0.2, 0.25) is 5.91 Å². The molecule has 2 heterocycles. The van der Waals surface area contributed by atoms with Crippen LogP contribution in [0.3, 0.4) is 0 Å². The van der Waals surface area contributed by atoms with Gasteiger partial charge in [-0.1, -0.05) is 6.92 Å². The van der Waals surface area contributed by atoms with Crippen molar-refractivity contribution in [3.63, 3.8) is 0 Å². The maximum Gasteiger partial charge on any atom is 0.223 e. The van der Waals surface area contributed by atoms with Crippen molar-refractivity contribution in [2.24, 2.45) is 5.92 Å². The van der Waals surface area contributed by atoms with Crippen molar-refractivity contribution < 1.29 is 4.79 Å². The van der Waals surface area contributed by atoms with Crippen molar-refractivity contribution in [1.82, 2.24) is 25.3 Å². The first kappa shape index (κ1) is 12.3. The maximum atomic E-state index is 11.8. The topological polar surface area (TPSA) is 86.5 Å². The second-order valence-corrected chi connectivity index (χ2v) is 4.30. The molecule has 2 aromatic heterocycles. The minimum absolute atomic E-state index is 0.0594. The van der Waals surface area contributed by atoms with Crippen LogP contribution in [-0.2, 0) is 17.6 Å². The highest BCUT2D eigenvalue weighted by Crippen LogP contribution is 2.04. The standard InChI is InChI=1S/C12H17N5O/c1-9(4-11-6-14-8-17-11)12(18)15-3-2-10-5-13-7-16-10/h5-9H,2-4H2,1H3,(H,13,16)(H,14,17)(H,15,18)/t9-/m0/s1. The van der Waals surface area contributed by atoms with Crippen LogP contribution < -0.4 is 5.32 Å². The summed E-state index contributed by atoms with van der Waals surface area (Å²) in [4.78, 5) is 25.7. The molecular formula is C12H17N5O. The van der Waals surface area contributed by atoms with E-state index in [1.54, 1.807) is 25.0 Å². The van der Waals surface area contributed by atoms with Crippen molar-refractivity contribution in [3.8, 4) is 0 Å². The molecule has 0 fully saturated rings. The van der Waals surface area contributed by atoms with Crippen LogP contribution in [0.15, 0.2) is 25.0 Å². The van der Waals surface area contributed by atoms with Gasteiger partial charge in [0.1, 0.15) is 0 Å². The SMILES string of the molecule is C[C@@H](Cc1cnc[nH]1)C(=O)NCCc1cnc[nH]1. The molecule has 6 nitrogen and oxygen atoms in total. The van der Waals surface area contributed by atoms with Crippen LogP contribution in [-0.4, -0.2) is 32.4 Å². The molecule has 0 spiro atoms. The number of hydrogen-bond donors (Lipinski definition) is 3. The molecule has 6 heteroatoms. The van der Waals surface area contributed by atoms with Crippen molar-refractivity contribution in [1.29, 1.82) is 0 Å². The zero-order valence-electron chi connectivity index (χ0n) is 10.3. The van der Waals surface area contributed by atoms with E-state index in [1.807, 2.05) is 6.92 Å². The monoisotopic (exact) mass is 247 g/mol. The van der Waals surface area contributed by atoms with Gasteiger partial charge in [0, 0.05) is 49.1 Å². The Kier molecular flexibility index (Phi) is 4.11. The molecule has 0 aliphatic heterocycles. The minimum atomic E-state index is -0.0628. The number of amides is 1. The molecule has 2 rings (SSSR count). The van der Waals surface area contributed by atoms with E-state index in [0.29, 0.717) is 13.0 Å². The molecule has 1 amide bonds. The number of H-pyrrole nitrogens is 2. The van der Waals surface area contributed by atoms with Crippen LogP contribution in [0.5, 0.6) is 0 Å². The van der Waals surface area contributed by atoms with E-state index < -0.39 is 0 Å². The Morgan fingerprint density at radius 1 is 1.28 bits per heavy atom. The van der Waals surface area contributed by atoms with Crippen molar-refractivity contribution in [2.45, 2.75) is 19.8 Å². The summed E-state index contributed by atoms with van der Waals surface area (Å²) in [5.74, 6) is -0.00340. The summed E-state index contributed by atoms with van der Waals surface area (Å²) in [6, 6.07) is 0. The zero-order chi connectivity index (χ0) is 12.8. The van der Waals surface area contributed by atoms with E-state index in [0.717, 1.165) is 17.8 Å². The predicted molar refractivity (Wildman–Crippen MR) is 66.8 cm³/mol. The third-order valence-corrected chi connectivity index (χ3v) is 2.78. The number of rotatable bonds is 6. The highest BCUT2D eigenvalue weighted by molar-refractivity contribution is 5.78. The third-order valence-electron chi connectivity index (χ3n) is 2.78. The molecule has 1 atom stereocenters. The van der Waals surface area contributed by atoms with E-state index in [1.165, 1.54) is 0 Å². The highest BCUT2D eigenvalue weighted by atomic mass is 16.1. The van der Waals surface area contributed by atoms with Gasteiger partial charge in [-0.3, -0.25) is 4.79 Å². The number of nitrogens with zero attached hydrogens (tertiary/aromatic N) is 2. The number of aromatic amines is 2. The van der Waals surface area contributed by atoms with Crippen molar-refractivity contribution in [3.05, 3.63) is 36.4 Å². The van der Waals surface area contributed by atoms with Crippen molar-refractivity contribution in [2.75, 3.05) is 6.54 Å². The quantitative estimate of drug-likeness (QED) is 0.701. The van der Waals surface area contributed by atoms with Gasteiger partial charge in [-0.15, -0.1) is 0 Å². The summed E-state index contributed by atoms with van der Waals surface area (Å²) in [5, 5.41) is 2.91. The molecule has 0 radical (unpaired) electrons. The maximum absolute atomic E-state index is 11.8. The molecule has 0 aromatic carbocycles. The Hall–Kier alpha value is -2.11. The molecular weight excluding hydrogens is 230 g/mol. The van der Waals surface area contributed by atoms with Gasteiger partial charge in [0.15, 0.2) is 0 Å². The van der Waals surface area contributed by atoms with Crippen LogP contribution in [0, 0.1) is 5.92 Å². The molecule has 3 N–H and O–H groups in total. The number of carbonyl (C=O) groups is 1. The van der Waals surface area contributed by atoms with Gasteiger partial charge in [-0.05, 0) is 0 Å². The first-order valence-corrected chi connectivity index (χ1v) is 5.98. The first-order chi connectivity index (χ1) is 8.75. The average Bonchev–Trinajstić information content (AvgIpc) is 3.01. The van der Waals surface area contributed by atoms with E-state index >= 15 is 0 Å². The Balaban J connectivity index is 1.70. The Bertz CT molecular complexity index is 463. The Labute approximate surface area is 105 Å². The lowest BCUT2D eigenvalue weighted by Gasteiger charge is -2.10. The van der Waals surface area contributed by atoms with E-state index in [2.05, 4.69) is 25.3 Å². The molecule has 0 saturated carbocycles. The fourth-order valence-electron chi connectivity index (χ4n) is 1.73. The molecule has 0 saturated heterocycles. The number of hydrogen-bond acceptors (Lipinski definition) is 3. The highest BCUT2D eigenvalue weighted by Gasteiger charge is 2.13. The molecule has 2 aromatic rings. The second-order valence-electron chi connectivity index (χ2n) is 4.30. The second kappa shape index (κ2) is 6.00. The van der Waals surface area contributed by atoms with E-state index in [-0.39, 0.29) is 11.8 Å². The van der Waals surface area contributed by atoms with E-state index in [4.69, 9.17) is 0 Å². The fraction of sp³-hybridized carbons (Fsp3) is 0.417. The lowest BCUT2D eigenvalue weighted by Crippen LogP contribution is -2.32. The predicted octanol–water partition coefficient (Wildman–Crippen LogP) is 0.670. The lowest BCUT2D eigenvalue weighted by molar-refractivity contribution is -0.124. The normalized spacial score (nSPS) is 12.3. The smallest absolute Gasteiger partial charge is 0.223 e. The van der Waals surface area contributed by atoms with Crippen molar-refractivity contribution >= 4 is 5.91 Å². The molecule has 18 heavy (non-hydrogen) atoms. The van der Waals surface area contributed by atoms with Crippen LogP contribution in [0.2, 0.25) is 0 Å². The number of carbonyl (C=O) groups excluding carboxylic acids is 1. The molecule has 0 aliphatic carbocycles. The summed E-state index contributed by atoms with van der Waals surface area (Å²) >= 11 is 0. The van der Waals surface area contributed by atoms with Gasteiger partial charge in [0.05, 0.1) is 12.7 Å². The van der Waals surface area contributed by atoms with Crippen LogP contribution >= 0.6 is 0 Å². The van der Waals surface area contributed by atoms with Crippen LogP contribution in [0.1, 0.15) is 18.3 Å². The number of aromatic nitrogens is 4. The number of nitrogens with one attached hydrogen (secondary N) is 3. The Morgan fingerprint density at radius 2 is 1.94 bits per heavy atom. The van der Waals surface area contributed by atoms with E-state index in [9.17, 15) is 4.79 Å². The molecule has 0 unspecified atom stereocenters. The van der Waals surface area contributed by atoms with Crippen LogP contribution in [0.4, 0.5) is 0 Å². The third kappa shape index (κ3) is 3.44. The first-order valence-electron chi connectivity index (χ1n) is 5.98. The average molecular weight is 247 g/mol.